The highest BCUT2D eigenvalue weighted by molar-refractivity contribution is 7.80. The Morgan fingerprint density at radius 2 is 1.71 bits per heavy atom. The summed E-state index contributed by atoms with van der Waals surface area (Å²) in [6.07, 6.45) is 7.85. The third kappa shape index (κ3) is 13.0. The van der Waals surface area contributed by atoms with Crippen molar-refractivity contribution < 1.29 is 19.5 Å². The summed E-state index contributed by atoms with van der Waals surface area (Å²) >= 11 is 4.53. The van der Waals surface area contributed by atoms with Crippen LogP contribution in [0.15, 0.2) is 11.6 Å². The molecule has 0 aliphatic rings. The van der Waals surface area contributed by atoms with E-state index in [1.165, 1.54) is 19.8 Å². The lowest BCUT2D eigenvalue weighted by molar-refractivity contribution is -0.133. The summed E-state index contributed by atoms with van der Waals surface area (Å²) < 4.78 is 0. The largest absolute Gasteiger partial charge is 0.478 e. The van der Waals surface area contributed by atoms with Crippen LogP contribution in [-0.4, -0.2) is 41.2 Å². The van der Waals surface area contributed by atoms with E-state index in [1.54, 1.807) is 0 Å². The van der Waals surface area contributed by atoms with Crippen LogP contribution in [-0.2, 0) is 14.4 Å². The van der Waals surface area contributed by atoms with Crippen molar-refractivity contribution in [2.45, 2.75) is 64.0 Å². The Balaban J connectivity index is 3.65. The van der Waals surface area contributed by atoms with Gasteiger partial charge in [0.05, 0.1) is 0 Å². The minimum absolute atomic E-state index is 0.0297. The second-order valence-electron chi connectivity index (χ2n) is 5.82. The summed E-state index contributed by atoms with van der Waals surface area (Å²) in [5.41, 5.74) is -0.0297. The monoisotopic (exact) mass is 358 g/mol. The Hall–Kier alpha value is -1.50. The van der Waals surface area contributed by atoms with Gasteiger partial charge in [0, 0.05) is 36.4 Å². The van der Waals surface area contributed by atoms with Gasteiger partial charge in [-0.15, -0.1) is 0 Å². The molecule has 0 heterocycles. The zero-order valence-corrected chi connectivity index (χ0v) is 15.5. The van der Waals surface area contributed by atoms with Gasteiger partial charge in [-0.3, -0.25) is 9.59 Å². The quantitative estimate of drug-likeness (QED) is 0.231. The molecule has 24 heavy (non-hydrogen) atoms. The smallest absolute Gasteiger partial charge is 0.331 e. The minimum atomic E-state index is -1.13. The van der Waals surface area contributed by atoms with Crippen molar-refractivity contribution in [3.63, 3.8) is 0 Å². The van der Waals surface area contributed by atoms with Gasteiger partial charge in [0.2, 0.25) is 11.8 Å². The van der Waals surface area contributed by atoms with Crippen molar-refractivity contribution in [2.75, 3.05) is 13.1 Å². The fourth-order valence-corrected chi connectivity index (χ4v) is 2.40. The molecule has 0 rings (SSSR count). The van der Waals surface area contributed by atoms with Gasteiger partial charge in [0.25, 0.3) is 0 Å². The molecule has 0 saturated carbocycles. The molecule has 0 aliphatic heterocycles. The Morgan fingerprint density at radius 1 is 1.08 bits per heavy atom. The zero-order valence-electron chi connectivity index (χ0n) is 14.6. The number of amides is 2. The normalized spacial score (nSPS) is 12.5. The first-order valence-electron chi connectivity index (χ1n) is 8.51. The topological polar surface area (TPSA) is 95.5 Å². The number of thiol groups is 1. The second kappa shape index (κ2) is 13.9. The Morgan fingerprint density at radius 3 is 2.33 bits per heavy atom. The first-order valence-corrected chi connectivity index (χ1v) is 9.02. The van der Waals surface area contributed by atoms with Gasteiger partial charge in [-0.2, -0.15) is 12.6 Å². The zero-order chi connectivity index (χ0) is 18.4. The number of rotatable bonds is 13. The van der Waals surface area contributed by atoms with E-state index in [1.807, 2.05) is 0 Å². The maximum atomic E-state index is 11.6. The molecule has 0 radical (unpaired) electrons. The number of aliphatic carboxylic acids is 1. The highest BCUT2D eigenvalue weighted by atomic mass is 32.1. The maximum Gasteiger partial charge on any atom is 0.331 e. The molecule has 0 aromatic carbocycles. The van der Waals surface area contributed by atoms with Gasteiger partial charge in [-0.1, -0.05) is 26.2 Å². The number of carbonyl (C=O) groups is 3. The van der Waals surface area contributed by atoms with E-state index in [2.05, 4.69) is 30.2 Å². The standard InChI is InChI=1S/C17H30N2O4S/c1-3-4-7-14(24)8-5-6-9-15(20)18-10-11-19-16(21)12-13(2)17(22)23/h12,14,24H,3-11H2,1-2H3,(H,18,20)(H,19,21)(H,22,23)/b13-12+. The predicted molar refractivity (Wildman–Crippen MR) is 98.2 cm³/mol. The number of carboxylic acids is 1. The second-order valence-corrected chi connectivity index (χ2v) is 6.55. The number of nitrogens with one attached hydrogen (secondary N) is 2. The third-order valence-corrected chi connectivity index (χ3v) is 4.03. The maximum absolute atomic E-state index is 11.6. The number of carbonyl (C=O) groups excluding carboxylic acids is 2. The molecule has 0 saturated heterocycles. The van der Waals surface area contributed by atoms with E-state index in [0.29, 0.717) is 18.2 Å². The lowest BCUT2D eigenvalue weighted by Crippen LogP contribution is -2.34. The molecule has 138 valence electrons. The molecule has 3 N–H and O–H groups in total. The molecule has 1 unspecified atom stereocenters. The summed E-state index contributed by atoms with van der Waals surface area (Å²) in [7, 11) is 0. The summed E-state index contributed by atoms with van der Waals surface area (Å²) in [5.74, 6) is -1.64. The molecular weight excluding hydrogens is 328 g/mol. The summed E-state index contributed by atoms with van der Waals surface area (Å²) in [6, 6.07) is 0. The average Bonchev–Trinajstić information content (AvgIpc) is 2.53. The van der Waals surface area contributed by atoms with E-state index >= 15 is 0 Å². The van der Waals surface area contributed by atoms with Crippen LogP contribution in [0.5, 0.6) is 0 Å². The average molecular weight is 359 g/mol. The summed E-state index contributed by atoms with van der Waals surface area (Å²) in [4.78, 5) is 33.6. The van der Waals surface area contributed by atoms with E-state index in [0.717, 1.165) is 31.8 Å². The van der Waals surface area contributed by atoms with Gasteiger partial charge in [-0.05, 0) is 26.2 Å². The molecule has 6 nitrogen and oxygen atoms in total. The number of hydrogen-bond donors (Lipinski definition) is 4. The van der Waals surface area contributed by atoms with Crippen LogP contribution in [0.3, 0.4) is 0 Å². The fraction of sp³-hybridized carbons (Fsp3) is 0.706. The highest BCUT2D eigenvalue weighted by Crippen LogP contribution is 2.14. The number of hydrogen-bond acceptors (Lipinski definition) is 4. The van der Waals surface area contributed by atoms with Crippen molar-refractivity contribution >= 4 is 30.4 Å². The molecular formula is C17H30N2O4S. The fourth-order valence-electron chi connectivity index (χ4n) is 2.04. The van der Waals surface area contributed by atoms with Gasteiger partial charge in [0.15, 0.2) is 0 Å². The van der Waals surface area contributed by atoms with E-state index < -0.39 is 11.9 Å². The van der Waals surface area contributed by atoms with Crippen molar-refractivity contribution in [3.8, 4) is 0 Å². The summed E-state index contributed by atoms with van der Waals surface area (Å²) in [5, 5.41) is 14.3. The molecule has 0 spiro atoms. The Labute approximate surface area is 149 Å². The van der Waals surface area contributed by atoms with E-state index in [4.69, 9.17) is 5.11 Å². The molecule has 0 aromatic rings. The van der Waals surface area contributed by atoms with Crippen LogP contribution < -0.4 is 10.6 Å². The van der Waals surface area contributed by atoms with Crippen molar-refractivity contribution in [1.82, 2.24) is 10.6 Å². The van der Waals surface area contributed by atoms with Crippen LogP contribution >= 0.6 is 12.6 Å². The highest BCUT2D eigenvalue weighted by Gasteiger charge is 2.06. The van der Waals surface area contributed by atoms with Crippen molar-refractivity contribution in [3.05, 3.63) is 11.6 Å². The lowest BCUT2D eigenvalue weighted by atomic mass is 10.1. The molecule has 0 aliphatic carbocycles. The van der Waals surface area contributed by atoms with Crippen LogP contribution in [0.25, 0.3) is 0 Å². The first kappa shape index (κ1) is 22.5. The molecule has 0 fully saturated rings. The third-order valence-electron chi connectivity index (χ3n) is 3.51. The van der Waals surface area contributed by atoms with Crippen LogP contribution in [0.4, 0.5) is 0 Å². The van der Waals surface area contributed by atoms with Crippen LogP contribution in [0, 0.1) is 0 Å². The molecule has 0 aromatic heterocycles. The van der Waals surface area contributed by atoms with Crippen molar-refractivity contribution in [2.24, 2.45) is 0 Å². The van der Waals surface area contributed by atoms with Crippen molar-refractivity contribution in [1.29, 1.82) is 0 Å². The lowest BCUT2D eigenvalue weighted by Gasteiger charge is -2.09. The van der Waals surface area contributed by atoms with Gasteiger partial charge in [-0.25, -0.2) is 4.79 Å². The van der Waals surface area contributed by atoms with Gasteiger partial charge < -0.3 is 15.7 Å². The summed E-state index contributed by atoms with van der Waals surface area (Å²) in [6.45, 7) is 4.11. The SMILES string of the molecule is CCCCC(S)CCCCC(=O)NCCNC(=O)/C=C(\C)C(=O)O. The molecule has 1 atom stereocenters. The predicted octanol–water partition coefficient (Wildman–Crippen LogP) is 2.30. The van der Waals surface area contributed by atoms with Gasteiger partial charge in [0.1, 0.15) is 0 Å². The molecule has 7 heteroatoms. The van der Waals surface area contributed by atoms with Crippen LogP contribution in [0.2, 0.25) is 0 Å². The molecule has 2 amide bonds. The first-order chi connectivity index (χ1) is 11.4. The van der Waals surface area contributed by atoms with Gasteiger partial charge >= 0.3 is 5.97 Å². The van der Waals surface area contributed by atoms with E-state index in [9.17, 15) is 14.4 Å². The Bertz CT molecular complexity index is 438. The van der Waals surface area contributed by atoms with E-state index in [-0.39, 0.29) is 18.0 Å². The minimum Gasteiger partial charge on any atom is -0.478 e. The van der Waals surface area contributed by atoms with Crippen LogP contribution in [0.1, 0.15) is 58.8 Å². The molecule has 0 bridgehead atoms. The Kier molecular flexibility index (Phi) is 13.0. The number of unbranched alkanes of at least 4 members (excludes halogenated alkanes) is 2. The number of carboxylic acid groups (broad SMARTS) is 1.